The summed E-state index contributed by atoms with van der Waals surface area (Å²) in [7, 11) is 1.64. The Hall–Kier alpha value is -2.69. The lowest BCUT2D eigenvalue weighted by Crippen LogP contribution is -2.38. The zero-order valence-corrected chi connectivity index (χ0v) is 14.4. The van der Waals surface area contributed by atoms with Crippen molar-refractivity contribution in [1.82, 2.24) is 10.6 Å². The molecule has 5 heteroatoms. The Labute approximate surface area is 143 Å². The van der Waals surface area contributed by atoms with Crippen molar-refractivity contribution in [1.29, 1.82) is 0 Å². The fourth-order valence-corrected chi connectivity index (χ4v) is 2.27. The van der Waals surface area contributed by atoms with Gasteiger partial charge in [0.15, 0.2) is 6.73 Å². The van der Waals surface area contributed by atoms with Crippen LogP contribution in [-0.2, 0) is 6.42 Å². The van der Waals surface area contributed by atoms with E-state index >= 15 is 0 Å². The second-order valence-corrected chi connectivity index (χ2v) is 5.52. The molecule has 0 bridgehead atoms. The highest BCUT2D eigenvalue weighted by molar-refractivity contribution is 5.73. The number of carbonyl (C=O) groups excluding carboxylic acids is 1. The Morgan fingerprint density at radius 3 is 2.67 bits per heavy atom. The molecule has 24 heavy (non-hydrogen) atoms. The molecule has 0 aromatic heterocycles. The van der Waals surface area contributed by atoms with Gasteiger partial charge in [-0.15, -0.1) is 0 Å². The SMILES string of the molecule is COc1cccc(CCNC(=O)NCOc2cccc(C)c2C)c1. The highest BCUT2D eigenvalue weighted by atomic mass is 16.5. The molecule has 0 unspecified atom stereocenters. The highest BCUT2D eigenvalue weighted by Crippen LogP contribution is 2.20. The molecule has 2 amide bonds. The van der Waals surface area contributed by atoms with Crippen LogP contribution in [-0.4, -0.2) is 26.4 Å². The fraction of sp³-hybridized carbons (Fsp3) is 0.316. The molecular formula is C19H24N2O3. The minimum Gasteiger partial charge on any atom is -0.497 e. The third-order valence-corrected chi connectivity index (χ3v) is 3.85. The molecule has 0 aliphatic heterocycles. The van der Waals surface area contributed by atoms with Gasteiger partial charge in [0.1, 0.15) is 11.5 Å². The average Bonchev–Trinajstić information content (AvgIpc) is 2.59. The topological polar surface area (TPSA) is 59.6 Å². The lowest BCUT2D eigenvalue weighted by Gasteiger charge is -2.12. The molecule has 0 radical (unpaired) electrons. The standard InChI is InChI=1S/C19H24N2O3/c1-14-6-4-9-18(15(14)2)24-13-21-19(22)20-11-10-16-7-5-8-17(12-16)23-3/h4-9,12H,10-11,13H2,1-3H3,(H2,20,21,22). The average molecular weight is 328 g/mol. The molecule has 2 aromatic carbocycles. The van der Waals surface area contributed by atoms with Crippen LogP contribution < -0.4 is 20.1 Å². The first-order valence-electron chi connectivity index (χ1n) is 7.94. The minimum atomic E-state index is -0.247. The largest absolute Gasteiger partial charge is 0.497 e. The van der Waals surface area contributed by atoms with Crippen LogP contribution in [0.5, 0.6) is 11.5 Å². The Bertz CT molecular complexity index is 686. The number of rotatable bonds is 7. The third kappa shape index (κ3) is 5.19. The summed E-state index contributed by atoms with van der Waals surface area (Å²) < 4.78 is 10.8. The number of methoxy groups -OCH3 is 1. The van der Waals surface area contributed by atoms with E-state index in [0.717, 1.165) is 34.6 Å². The van der Waals surface area contributed by atoms with Crippen LogP contribution in [0.1, 0.15) is 16.7 Å². The van der Waals surface area contributed by atoms with Gasteiger partial charge in [0.05, 0.1) is 7.11 Å². The number of hydrogen-bond donors (Lipinski definition) is 2. The Morgan fingerprint density at radius 1 is 1.08 bits per heavy atom. The quantitative estimate of drug-likeness (QED) is 0.768. The van der Waals surface area contributed by atoms with Crippen LogP contribution in [0.2, 0.25) is 0 Å². The zero-order valence-electron chi connectivity index (χ0n) is 14.4. The summed E-state index contributed by atoms with van der Waals surface area (Å²) in [5.74, 6) is 1.60. The summed E-state index contributed by atoms with van der Waals surface area (Å²) in [6.07, 6.45) is 0.739. The third-order valence-electron chi connectivity index (χ3n) is 3.85. The van der Waals surface area contributed by atoms with E-state index < -0.39 is 0 Å². The van der Waals surface area contributed by atoms with Crippen molar-refractivity contribution in [3.05, 3.63) is 59.2 Å². The summed E-state index contributed by atoms with van der Waals surface area (Å²) in [5.41, 5.74) is 3.36. The Morgan fingerprint density at radius 2 is 1.88 bits per heavy atom. The number of benzene rings is 2. The van der Waals surface area contributed by atoms with Crippen molar-refractivity contribution in [3.8, 4) is 11.5 Å². The van der Waals surface area contributed by atoms with E-state index in [9.17, 15) is 4.79 Å². The Balaban J connectivity index is 1.69. The maximum atomic E-state index is 11.8. The van der Waals surface area contributed by atoms with Gasteiger partial charge in [-0.1, -0.05) is 24.3 Å². The number of nitrogens with one attached hydrogen (secondary N) is 2. The van der Waals surface area contributed by atoms with E-state index in [1.54, 1.807) is 7.11 Å². The first-order chi connectivity index (χ1) is 11.6. The van der Waals surface area contributed by atoms with Crippen LogP contribution >= 0.6 is 0 Å². The second kappa shape index (κ2) is 8.82. The number of ether oxygens (including phenoxy) is 2. The van der Waals surface area contributed by atoms with Crippen LogP contribution in [0.25, 0.3) is 0 Å². The molecule has 2 N–H and O–H groups in total. The van der Waals surface area contributed by atoms with E-state index in [1.807, 2.05) is 56.3 Å². The van der Waals surface area contributed by atoms with Gasteiger partial charge in [0.25, 0.3) is 0 Å². The smallest absolute Gasteiger partial charge is 0.317 e. The normalized spacial score (nSPS) is 10.1. The van der Waals surface area contributed by atoms with E-state index in [1.165, 1.54) is 0 Å². The molecule has 0 saturated heterocycles. The van der Waals surface area contributed by atoms with Gasteiger partial charge in [0.2, 0.25) is 0 Å². The minimum absolute atomic E-state index is 0.134. The zero-order chi connectivity index (χ0) is 17.4. The number of urea groups is 1. The Kier molecular flexibility index (Phi) is 6.49. The van der Waals surface area contributed by atoms with Gasteiger partial charge in [-0.25, -0.2) is 4.79 Å². The monoisotopic (exact) mass is 328 g/mol. The molecule has 0 saturated carbocycles. The van der Waals surface area contributed by atoms with E-state index in [-0.39, 0.29) is 12.8 Å². The van der Waals surface area contributed by atoms with Crippen molar-refractivity contribution in [2.75, 3.05) is 20.4 Å². The van der Waals surface area contributed by atoms with Crippen molar-refractivity contribution < 1.29 is 14.3 Å². The van der Waals surface area contributed by atoms with Crippen LogP contribution in [0, 0.1) is 13.8 Å². The van der Waals surface area contributed by atoms with Crippen molar-refractivity contribution in [2.45, 2.75) is 20.3 Å². The van der Waals surface area contributed by atoms with Crippen LogP contribution in [0.4, 0.5) is 4.79 Å². The first-order valence-corrected chi connectivity index (χ1v) is 7.94. The fourth-order valence-electron chi connectivity index (χ4n) is 2.27. The predicted molar refractivity (Wildman–Crippen MR) is 94.6 cm³/mol. The van der Waals surface area contributed by atoms with Crippen molar-refractivity contribution >= 4 is 6.03 Å². The summed E-state index contributed by atoms with van der Waals surface area (Å²) >= 11 is 0. The lowest BCUT2D eigenvalue weighted by atomic mass is 10.1. The van der Waals surface area contributed by atoms with Gasteiger partial charge in [-0.2, -0.15) is 0 Å². The lowest BCUT2D eigenvalue weighted by molar-refractivity contribution is 0.224. The first kappa shape index (κ1) is 17.7. The molecule has 2 rings (SSSR count). The molecular weight excluding hydrogens is 304 g/mol. The predicted octanol–water partition coefficient (Wildman–Crippen LogP) is 3.19. The molecule has 0 aliphatic carbocycles. The van der Waals surface area contributed by atoms with Gasteiger partial charge >= 0.3 is 6.03 Å². The summed E-state index contributed by atoms with van der Waals surface area (Å²) in [4.78, 5) is 11.8. The van der Waals surface area contributed by atoms with Crippen LogP contribution in [0.3, 0.4) is 0 Å². The molecule has 5 nitrogen and oxygen atoms in total. The second-order valence-electron chi connectivity index (χ2n) is 5.52. The van der Waals surface area contributed by atoms with E-state index in [0.29, 0.717) is 6.54 Å². The number of hydrogen-bond acceptors (Lipinski definition) is 3. The molecule has 0 atom stereocenters. The molecule has 128 valence electrons. The van der Waals surface area contributed by atoms with E-state index in [4.69, 9.17) is 9.47 Å². The number of carbonyl (C=O) groups is 1. The molecule has 2 aromatic rings. The maximum absolute atomic E-state index is 11.8. The van der Waals surface area contributed by atoms with Crippen molar-refractivity contribution in [3.63, 3.8) is 0 Å². The van der Waals surface area contributed by atoms with E-state index in [2.05, 4.69) is 10.6 Å². The molecule has 0 spiro atoms. The van der Waals surface area contributed by atoms with Crippen LogP contribution in [0.15, 0.2) is 42.5 Å². The summed E-state index contributed by atoms with van der Waals surface area (Å²) in [6.45, 7) is 4.71. The van der Waals surface area contributed by atoms with Gasteiger partial charge < -0.3 is 20.1 Å². The highest BCUT2D eigenvalue weighted by Gasteiger charge is 2.03. The van der Waals surface area contributed by atoms with Gasteiger partial charge in [0, 0.05) is 6.54 Å². The maximum Gasteiger partial charge on any atom is 0.317 e. The van der Waals surface area contributed by atoms with Gasteiger partial charge in [-0.05, 0) is 55.2 Å². The number of amides is 2. The molecule has 0 fully saturated rings. The van der Waals surface area contributed by atoms with Gasteiger partial charge in [-0.3, -0.25) is 0 Å². The summed E-state index contributed by atoms with van der Waals surface area (Å²) in [5, 5.41) is 5.50. The number of aryl methyl sites for hydroxylation is 1. The molecule has 0 aliphatic rings. The van der Waals surface area contributed by atoms with Crippen molar-refractivity contribution in [2.24, 2.45) is 0 Å². The summed E-state index contributed by atoms with van der Waals surface area (Å²) in [6, 6.07) is 13.4. The molecule has 0 heterocycles.